The topological polar surface area (TPSA) is 55.1 Å². The van der Waals surface area contributed by atoms with Gasteiger partial charge in [-0.05, 0) is 14.0 Å². The van der Waals surface area contributed by atoms with Gasteiger partial charge in [0.2, 0.25) is 6.41 Å². The van der Waals surface area contributed by atoms with Crippen LogP contribution in [-0.2, 0) is 4.79 Å². The first kappa shape index (κ1) is 9.66. The first-order valence-corrected chi connectivity index (χ1v) is 2.16. The molecule has 7 heavy (non-hydrogen) atoms. The standard InChI is InChI=1S/C3H7NO.CH5N/c1-2-4-3-5;1-2/h3H,2H2,1H3,(H,4,5);2H2,1H3. The smallest absolute Gasteiger partial charge is 0.207 e. The van der Waals surface area contributed by atoms with Gasteiger partial charge in [0.25, 0.3) is 0 Å². The third-order valence-corrected chi connectivity index (χ3v) is 0.287. The first-order chi connectivity index (χ1) is 3.41. The summed E-state index contributed by atoms with van der Waals surface area (Å²) in [6.07, 6.45) is 0.681. The maximum Gasteiger partial charge on any atom is 0.207 e. The average Bonchev–Trinajstić information content (AvgIpc) is 1.75. The van der Waals surface area contributed by atoms with Crippen LogP contribution < -0.4 is 11.1 Å². The van der Waals surface area contributed by atoms with E-state index >= 15 is 0 Å². The molecule has 3 nitrogen and oxygen atoms in total. The van der Waals surface area contributed by atoms with Crippen LogP contribution in [0.1, 0.15) is 6.92 Å². The molecule has 0 heterocycles. The maximum absolute atomic E-state index is 9.29. The Balaban J connectivity index is 0. The van der Waals surface area contributed by atoms with Crippen molar-refractivity contribution in [2.75, 3.05) is 13.6 Å². The molecule has 0 rings (SSSR count). The summed E-state index contributed by atoms with van der Waals surface area (Å²) in [4.78, 5) is 9.29. The summed E-state index contributed by atoms with van der Waals surface area (Å²) in [5, 5.41) is 2.43. The van der Waals surface area contributed by atoms with Gasteiger partial charge in [-0.1, -0.05) is 0 Å². The quantitative estimate of drug-likeness (QED) is 0.456. The van der Waals surface area contributed by atoms with Crippen molar-refractivity contribution in [2.24, 2.45) is 5.73 Å². The largest absolute Gasteiger partial charge is 0.359 e. The highest BCUT2D eigenvalue weighted by Crippen LogP contribution is 1.37. The van der Waals surface area contributed by atoms with E-state index in [4.69, 9.17) is 0 Å². The summed E-state index contributed by atoms with van der Waals surface area (Å²) in [6.45, 7) is 2.60. The first-order valence-electron chi connectivity index (χ1n) is 2.16. The van der Waals surface area contributed by atoms with Gasteiger partial charge >= 0.3 is 0 Å². The van der Waals surface area contributed by atoms with E-state index in [1.165, 1.54) is 7.05 Å². The minimum absolute atomic E-state index is 0.681. The van der Waals surface area contributed by atoms with Crippen molar-refractivity contribution < 1.29 is 4.79 Å². The summed E-state index contributed by atoms with van der Waals surface area (Å²) >= 11 is 0. The van der Waals surface area contributed by atoms with Crippen molar-refractivity contribution in [3.05, 3.63) is 0 Å². The van der Waals surface area contributed by atoms with Crippen LogP contribution in [0.4, 0.5) is 0 Å². The Morgan fingerprint density at radius 2 is 2.14 bits per heavy atom. The molecule has 0 aliphatic heterocycles. The Bertz CT molecular complexity index is 30.9. The molecule has 0 spiro atoms. The number of rotatable bonds is 2. The van der Waals surface area contributed by atoms with Gasteiger partial charge in [0, 0.05) is 6.54 Å². The number of nitrogens with one attached hydrogen (secondary N) is 1. The van der Waals surface area contributed by atoms with E-state index in [0.29, 0.717) is 6.41 Å². The molecule has 0 saturated heterocycles. The number of hydrogen-bond donors (Lipinski definition) is 2. The minimum atomic E-state index is 0.681. The Kier molecular flexibility index (Phi) is 24.9. The van der Waals surface area contributed by atoms with Crippen LogP contribution in [0.5, 0.6) is 0 Å². The lowest BCUT2D eigenvalue weighted by atomic mass is 10.8. The highest BCUT2D eigenvalue weighted by Gasteiger charge is 1.59. The molecule has 0 fully saturated rings. The summed E-state index contributed by atoms with van der Waals surface area (Å²) < 4.78 is 0. The lowest BCUT2D eigenvalue weighted by Gasteiger charge is -1.78. The van der Waals surface area contributed by atoms with Crippen molar-refractivity contribution in [3.63, 3.8) is 0 Å². The Hall–Kier alpha value is -0.570. The van der Waals surface area contributed by atoms with Crippen LogP contribution in [0, 0.1) is 0 Å². The molecule has 0 aliphatic carbocycles. The molecule has 0 atom stereocenters. The van der Waals surface area contributed by atoms with E-state index in [1.807, 2.05) is 6.92 Å². The molecule has 1 amide bonds. The van der Waals surface area contributed by atoms with Crippen molar-refractivity contribution >= 4 is 6.41 Å². The molecule has 0 saturated carbocycles. The number of amides is 1. The van der Waals surface area contributed by atoms with E-state index < -0.39 is 0 Å². The molecule has 0 aromatic heterocycles. The van der Waals surface area contributed by atoms with E-state index in [9.17, 15) is 4.79 Å². The monoisotopic (exact) mass is 104 g/mol. The second-order valence-electron chi connectivity index (χ2n) is 0.676. The van der Waals surface area contributed by atoms with Crippen LogP contribution in [0.2, 0.25) is 0 Å². The fourth-order valence-corrected chi connectivity index (χ4v) is 0.0833. The summed E-state index contributed by atoms with van der Waals surface area (Å²) in [5.74, 6) is 0. The third-order valence-electron chi connectivity index (χ3n) is 0.287. The number of nitrogens with two attached hydrogens (primary N) is 1. The predicted octanol–water partition coefficient (Wildman–Crippen LogP) is -0.673. The van der Waals surface area contributed by atoms with Crippen molar-refractivity contribution in [1.29, 1.82) is 0 Å². The zero-order valence-electron chi connectivity index (χ0n) is 4.77. The zero-order valence-corrected chi connectivity index (χ0v) is 4.77. The Morgan fingerprint density at radius 3 is 2.14 bits per heavy atom. The fourth-order valence-electron chi connectivity index (χ4n) is 0.0833. The summed E-state index contributed by atoms with van der Waals surface area (Å²) in [7, 11) is 1.50. The molecule has 3 N–H and O–H groups in total. The number of hydrogen-bond acceptors (Lipinski definition) is 2. The highest BCUT2D eigenvalue weighted by atomic mass is 16.1. The average molecular weight is 104 g/mol. The van der Waals surface area contributed by atoms with E-state index in [-0.39, 0.29) is 0 Å². The van der Waals surface area contributed by atoms with E-state index in [0.717, 1.165) is 6.54 Å². The molecule has 0 aliphatic rings. The normalized spacial score (nSPS) is 5.57. The van der Waals surface area contributed by atoms with Gasteiger partial charge in [0.15, 0.2) is 0 Å². The Morgan fingerprint density at radius 1 is 1.71 bits per heavy atom. The van der Waals surface area contributed by atoms with Gasteiger partial charge in [0.05, 0.1) is 0 Å². The van der Waals surface area contributed by atoms with E-state index in [2.05, 4.69) is 11.1 Å². The van der Waals surface area contributed by atoms with Gasteiger partial charge in [0.1, 0.15) is 0 Å². The maximum atomic E-state index is 9.29. The van der Waals surface area contributed by atoms with Crippen molar-refractivity contribution in [3.8, 4) is 0 Å². The van der Waals surface area contributed by atoms with Crippen LogP contribution in [0.15, 0.2) is 0 Å². The van der Waals surface area contributed by atoms with Crippen molar-refractivity contribution in [2.45, 2.75) is 6.92 Å². The third kappa shape index (κ3) is 31.2. The highest BCUT2D eigenvalue weighted by molar-refractivity contribution is 5.45. The van der Waals surface area contributed by atoms with Crippen LogP contribution in [0.3, 0.4) is 0 Å². The second-order valence-corrected chi connectivity index (χ2v) is 0.676. The predicted molar refractivity (Wildman–Crippen MR) is 29.9 cm³/mol. The number of carbonyl (C=O) groups is 1. The molecular formula is C4H12N2O. The lowest BCUT2D eigenvalue weighted by Crippen LogP contribution is -2.07. The zero-order chi connectivity index (χ0) is 6.12. The summed E-state index contributed by atoms with van der Waals surface area (Å²) in [5.41, 5.74) is 4.50. The van der Waals surface area contributed by atoms with Gasteiger partial charge in [-0.15, -0.1) is 0 Å². The molecule has 0 aromatic carbocycles. The van der Waals surface area contributed by atoms with Gasteiger partial charge in [-0.3, -0.25) is 4.79 Å². The van der Waals surface area contributed by atoms with Gasteiger partial charge in [-0.25, -0.2) is 0 Å². The van der Waals surface area contributed by atoms with Gasteiger partial charge < -0.3 is 11.1 Å². The van der Waals surface area contributed by atoms with Crippen LogP contribution >= 0.6 is 0 Å². The molecule has 0 radical (unpaired) electrons. The SMILES string of the molecule is CCNC=O.CN. The molecule has 3 heteroatoms. The summed E-state index contributed by atoms with van der Waals surface area (Å²) in [6, 6.07) is 0. The second kappa shape index (κ2) is 18.0. The molecular weight excluding hydrogens is 92.1 g/mol. The van der Waals surface area contributed by atoms with E-state index in [1.54, 1.807) is 0 Å². The van der Waals surface area contributed by atoms with Gasteiger partial charge in [-0.2, -0.15) is 0 Å². The molecule has 0 unspecified atom stereocenters. The Labute approximate surface area is 43.9 Å². The number of carbonyl (C=O) groups excluding carboxylic acids is 1. The molecule has 0 bridgehead atoms. The minimum Gasteiger partial charge on any atom is -0.359 e. The molecule has 0 aromatic rings. The van der Waals surface area contributed by atoms with Crippen LogP contribution in [-0.4, -0.2) is 20.0 Å². The fraction of sp³-hybridized carbons (Fsp3) is 0.750. The lowest BCUT2D eigenvalue weighted by molar-refractivity contribution is -0.109. The van der Waals surface area contributed by atoms with Crippen LogP contribution in [0.25, 0.3) is 0 Å². The molecule has 44 valence electrons. The van der Waals surface area contributed by atoms with Crippen molar-refractivity contribution in [1.82, 2.24) is 5.32 Å².